The Hall–Kier alpha value is -2.03. The van der Waals surface area contributed by atoms with Crippen molar-refractivity contribution in [2.24, 2.45) is 0 Å². The second kappa shape index (κ2) is 7.90. The Balaban J connectivity index is 1.56. The molecule has 3 heterocycles. The highest BCUT2D eigenvalue weighted by Crippen LogP contribution is 2.20. The lowest BCUT2D eigenvalue weighted by molar-refractivity contribution is -0.129. The molecule has 0 aliphatic rings. The van der Waals surface area contributed by atoms with Gasteiger partial charge in [-0.05, 0) is 35.4 Å². The van der Waals surface area contributed by atoms with Gasteiger partial charge in [-0.1, -0.05) is 6.07 Å². The lowest BCUT2D eigenvalue weighted by Gasteiger charge is -2.16. The first-order valence-corrected chi connectivity index (χ1v) is 10.2. The molecule has 0 aliphatic carbocycles. The van der Waals surface area contributed by atoms with E-state index >= 15 is 0 Å². The van der Waals surface area contributed by atoms with Gasteiger partial charge in [0.05, 0.1) is 23.5 Å². The lowest BCUT2D eigenvalue weighted by Crippen LogP contribution is -2.27. The smallest absolute Gasteiger partial charge is 0.267 e. The summed E-state index contributed by atoms with van der Waals surface area (Å²) in [5, 5.41) is 8.98. The quantitative estimate of drug-likeness (QED) is 0.690. The van der Waals surface area contributed by atoms with Crippen LogP contribution in [-0.4, -0.2) is 28.7 Å². The number of hydrogen-bond acceptors (Lipinski definition) is 6. The zero-order valence-electron chi connectivity index (χ0n) is 13.8. The van der Waals surface area contributed by atoms with Crippen LogP contribution in [-0.2, 0) is 17.8 Å². The van der Waals surface area contributed by atoms with Crippen molar-refractivity contribution in [1.29, 1.82) is 0 Å². The molecule has 8 heteroatoms. The molecule has 2 amide bonds. The number of nitrogens with zero attached hydrogens (tertiary/aromatic N) is 2. The Morgan fingerprint density at radius 2 is 2.04 bits per heavy atom. The molecular weight excluding hydrogens is 374 g/mol. The molecule has 3 aromatic rings. The van der Waals surface area contributed by atoms with E-state index in [-0.39, 0.29) is 18.2 Å². The van der Waals surface area contributed by atoms with E-state index in [2.05, 4.69) is 16.4 Å². The van der Waals surface area contributed by atoms with Gasteiger partial charge in [0.15, 0.2) is 5.13 Å². The summed E-state index contributed by atoms with van der Waals surface area (Å²) in [6.07, 6.45) is 0.228. The largest absolute Gasteiger partial charge is 0.340 e. The summed E-state index contributed by atoms with van der Waals surface area (Å²) in [6.45, 7) is 2.65. The fourth-order valence-corrected chi connectivity index (χ4v) is 4.45. The molecule has 3 rings (SSSR count). The summed E-state index contributed by atoms with van der Waals surface area (Å²) in [5.74, 6) is -0.165. The Morgan fingerprint density at radius 1 is 1.20 bits per heavy atom. The first-order valence-electron chi connectivity index (χ1n) is 7.59. The summed E-state index contributed by atoms with van der Waals surface area (Å²) in [5.41, 5.74) is 1.88. The first-order chi connectivity index (χ1) is 12.0. The van der Waals surface area contributed by atoms with E-state index in [1.54, 1.807) is 29.4 Å². The van der Waals surface area contributed by atoms with Crippen LogP contribution in [0, 0.1) is 6.92 Å². The number of rotatable bonds is 6. The van der Waals surface area contributed by atoms with E-state index in [9.17, 15) is 9.59 Å². The minimum Gasteiger partial charge on any atom is -0.340 e. The van der Waals surface area contributed by atoms with Crippen LogP contribution < -0.4 is 5.32 Å². The Bertz CT molecular complexity index is 867. The zero-order valence-corrected chi connectivity index (χ0v) is 16.3. The number of anilines is 1. The number of thiazole rings is 1. The normalized spacial score (nSPS) is 10.6. The van der Waals surface area contributed by atoms with Crippen LogP contribution >= 0.6 is 34.0 Å². The van der Waals surface area contributed by atoms with Crippen LogP contribution in [0.3, 0.4) is 0 Å². The minimum atomic E-state index is -0.174. The maximum atomic E-state index is 12.4. The van der Waals surface area contributed by atoms with Gasteiger partial charge >= 0.3 is 0 Å². The molecule has 0 aromatic carbocycles. The van der Waals surface area contributed by atoms with Crippen LogP contribution in [0.5, 0.6) is 0 Å². The number of nitrogens with one attached hydrogen (secondary N) is 1. The predicted octanol–water partition coefficient (Wildman–Crippen LogP) is 4.03. The fourth-order valence-electron chi connectivity index (χ4n) is 2.17. The second-order valence-electron chi connectivity index (χ2n) is 5.53. The fraction of sp³-hybridized carbons (Fsp3) is 0.235. The average molecular weight is 392 g/mol. The van der Waals surface area contributed by atoms with E-state index < -0.39 is 0 Å². The highest BCUT2D eigenvalue weighted by Gasteiger charge is 2.15. The van der Waals surface area contributed by atoms with Gasteiger partial charge in [0.2, 0.25) is 5.91 Å². The molecule has 130 valence electrons. The number of thiophene rings is 2. The van der Waals surface area contributed by atoms with Gasteiger partial charge in [0.1, 0.15) is 0 Å². The molecular formula is C17H17N3O2S3. The van der Waals surface area contributed by atoms with Crippen molar-refractivity contribution in [3.05, 3.63) is 55.4 Å². The van der Waals surface area contributed by atoms with Crippen LogP contribution in [0.25, 0.3) is 0 Å². The Kier molecular flexibility index (Phi) is 5.62. The molecule has 25 heavy (non-hydrogen) atoms. The number of aryl methyl sites for hydroxylation is 1. The highest BCUT2D eigenvalue weighted by molar-refractivity contribution is 7.14. The van der Waals surface area contributed by atoms with E-state index in [1.807, 2.05) is 29.1 Å². The molecule has 5 nitrogen and oxygen atoms in total. The van der Waals surface area contributed by atoms with E-state index in [1.165, 1.54) is 33.1 Å². The summed E-state index contributed by atoms with van der Waals surface area (Å²) >= 11 is 4.37. The molecule has 0 fully saturated rings. The lowest BCUT2D eigenvalue weighted by atomic mass is 10.2. The topological polar surface area (TPSA) is 62.3 Å². The molecule has 0 saturated carbocycles. The third-order valence-electron chi connectivity index (χ3n) is 3.62. The van der Waals surface area contributed by atoms with E-state index in [0.717, 1.165) is 0 Å². The van der Waals surface area contributed by atoms with Crippen molar-refractivity contribution in [2.45, 2.75) is 19.9 Å². The monoisotopic (exact) mass is 391 g/mol. The summed E-state index contributed by atoms with van der Waals surface area (Å²) in [7, 11) is 1.80. The number of carbonyl (C=O) groups excluding carboxylic acids is 2. The van der Waals surface area contributed by atoms with Gasteiger partial charge in [-0.15, -0.1) is 34.0 Å². The molecule has 0 aliphatic heterocycles. The third-order valence-corrected chi connectivity index (χ3v) is 6.31. The summed E-state index contributed by atoms with van der Waals surface area (Å²) in [6, 6.07) is 5.65. The molecule has 0 bridgehead atoms. The predicted molar refractivity (Wildman–Crippen MR) is 104 cm³/mol. The van der Waals surface area contributed by atoms with Crippen molar-refractivity contribution in [1.82, 2.24) is 9.88 Å². The number of aromatic nitrogens is 1. The SMILES string of the molecule is Cc1ccsc1CN(C)C(=O)Cc1csc(NC(=O)c2cccs2)n1. The molecule has 0 spiro atoms. The van der Waals surface area contributed by atoms with Gasteiger partial charge in [0, 0.05) is 17.3 Å². The minimum absolute atomic E-state index is 0.00855. The van der Waals surface area contributed by atoms with Gasteiger partial charge in [-0.2, -0.15) is 0 Å². The van der Waals surface area contributed by atoms with Gasteiger partial charge in [-0.25, -0.2) is 4.98 Å². The second-order valence-corrected chi connectivity index (χ2v) is 8.34. The van der Waals surface area contributed by atoms with Crippen LogP contribution in [0.15, 0.2) is 34.3 Å². The van der Waals surface area contributed by atoms with Crippen LogP contribution in [0.2, 0.25) is 0 Å². The number of carbonyl (C=O) groups is 2. The van der Waals surface area contributed by atoms with Gasteiger partial charge in [-0.3, -0.25) is 14.9 Å². The molecule has 0 unspecified atom stereocenters. The average Bonchev–Trinajstić information content (AvgIpc) is 3.31. The maximum absolute atomic E-state index is 12.4. The zero-order chi connectivity index (χ0) is 17.8. The Labute approximate surface area is 158 Å². The van der Waals surface area contributed by atoms with Crippen molar-refractivity contribution in [2.75, 3.05) is 12.4 Å². The third kappa shape index (κ3) is 4.53. The summed E-state index contributed by atoms with van der Waals surface area (Å²) in [4.78, 5) is 32.3. The Morgan fingerprint density at radius 3 is 2.72 bits per heavy atom. The van der Waals surface area contributed by atoms with Gasteiger partial charge < -0.3 is 4.90 Å². The van der Waals surface area contributed by atoms with Crippen molar-refractivity contribution in [3.63, 3.8) is 0 Å². The molecule has 3 aromatic heterocycles. The van der Waals surface area contributed by atoms with Gasteiger partial charge in [0.25, 0.3) is 5.91 Å². The van der Waals surface area contributed by atoms with E-state index in [0.29, 0.717) is 22.2 Å². The highest BCUT2D eigenvalue weighted by atomic mass is 32.1. The van der Waals surface area contributed by atoms with Crippen molar-refractivity contribution in [3.8, 4) is 0 Å². The molecule has 1 N–H and O–H groups in total. The maximum Gasteiger partial charge on any atom is 0.267 e. The van der Waals surface area contributed by atoms with E-state index in [4.69, 9.17) is 0 Å². The van der Waals surface area contributed by atoms with Crippen LogP contribution in [0.1, 0.15) is 25.8 Å². The number of amides is 2. The molecule has 0 saturated heterocycles. The number of likely N-dealkylation sites (N-methyl/N-ethyl adjacent to an activating group) is 1. The molecule has 0 radical (unpaired) electrons. The molecule has 0 atom stereocenters. The van der Waals surface area contributed by atoms with Crippen molar-refractivity contribution >= 4 is 51.0 Å². The van der Waals surface area contributed by atoms with Crippen molar-refractivity contribution < 1.29 is 9.59 Å². The summed E-state index contributed by atoms with van der Waals surface area (Å²) < 4.78 is 0. The number of hydrogen-bond donors (Lipinski definition) is 1. The van der Waals surface area contributed by atoms with Crippen LogP contribution in [0.4, 0.5) is 5.13 Å². The first kappa shape index (κ1) is 17.8. The standard InChI is InChI=1S/C17H17N3O2S3/c1-11-5-7-24-14(11)9-20(2)15(21)8-12-10-25-17(18-12)19-16(22)13-4-3-6-23-13/h3-7,10H,8-9H2,1-2H3,(H,18,19,22).